The highest BCUT2D eigenvalue weighted by molar-refractivity contribution is 5.83. The molecule has 0 aliphatic rings. The van der Waals surface area contributed by atoms with E-state index in [-0.39, 0.29) is 18.3 Å². The van der Waals surface area contributed by atoms with E-state index in [0.29, 0.717) is 6.54 Å². The molecule has 0 saturated heterocycles. The Labute approximate surface area is 112 Å². The van der Waals surface area contributed by atoms with Crippen molar-refractivity contribution in [1.82, 2.24) is 5.32 Å². The highest BCUT2D eigenvalue weighted by atomic mass is 16.5. The van der Waals surface area contributed by atoms with Crippen LogP contribution in [0.5, 0.6) is 5.75 Å². The van der Waals surface area contributed by atoms with Gasteiger partial charge in [-0.05, 0) is 24.6 Å². The molecule has 0 radical (unpaired) electrons. The lowest BCUT2D eigenvalue weighted by Gasteiger charge is -2.13. The average Bonchev–Trinajstić information content (AvgIpc) is 2.44. The van der Waals surface area contributed by atoms with Crippen molar-refractivity contribution in [1.29, 1.82) is 0 Å². The van der Waals surface area contributed by atoms with Gasteiger partial charge in [0.05, 0.1) is 7.11 Å². The van der Waals surface area contributed by atoms with E-state index in [4.69, 9.17) is 9.47 Å². The molecule has 0 aliphatic carbocycles. The topological polar surface area (TPSA) is 64.6 Å². The maximum absolute atomic E-state index is 11.7. The van der Waals surface area contributed by atoms with E-state index in [1.54, 1.807) is 21.0 Å². The van der Waals surface area contributed by atoms with Gasteiger partial charge in [0.15, 0.2) is 6.10 Å². The van der Waals surface area contributed by atoms with Crippen LogP contribution >= 0.6 is 0 Å². The number of hydrogen-bond acceptors (Lipinski definition) is 4. The van der Waals surface area contributed by atoms with Crippen molar-refractivity contribution in [3.63, 3.8) is 0 Å². The van der Waals surface area contributed by atoms with Gasteiger partial charge in [-0.1, -0.05) is 19.1 Å². The molecule has 1 N–H and O–H groups in total. The summed E-state index contributed by atoms with van der Waals surface area (Å²) < 4.78 is 9.96. The molecule has 1 aromatic rings. The maximum Gasteiger partial charge on any atom is 0.306 e. The van der Waals surface area contributed by atoms with Crippen molar-refractivity contribution >= 4 is 11.9 Å². The Morgan fingerprint density at radius 1 is 1.26 bits per heavy atom. The minimum Gasteiger partial charge on any atom is -0.497 e. The number of benzene rings is 1. The smallest absolute Gasteiger partial charge is 0.306 e. The molecule has 1 atom stereocenters. The third-order valence-electron chi connectivity index (χ3n) is 2.59. The second kappa shape index (κ2) is 7.41. The van der Waals surface area contributed by atoms with E-state index < -0.39 is 6.10 Å². The Bertz CT molecular complexity index is 428. The summed E-state index contributed by atoms with van der Waals surface area (Å²) in [6, 6.07) is 7.37. The number of methoxy groups -OCH3 is 1. The van der Waals surface area contributed by atoms with E-state index >= 15 is 0 Å². The van der Waals surface area contributed by atoms with Crippen LogP contribution in [0.25, 0.3) is 0 Å². The van der Waals surface area contributed by atoms with Crippen LogP contribution in [0.4, 0.5) is 0 Å². The van der Waals surface area contributed by atoms with Crippen molar-refractivity contribution in [2.75, 3.05) is 7.11 Å². The second-order valence-electron chi connectivity index (χ2n) is 4.05. The van der Waals surface area contributed by atoms with E-state index in [1.807, 2.05) is 24.3 Å². The van der Waals surface area contributed by atoms with Crippen LogP contribution in [0.2, 0.25) is 0 Å². The fourth-order valence-electron chi connectivity index (χ4n) is 1.41. The van der Waals surface area contributed by atoms with E-state index in [0.717, 1.165) is 11.3 Å². The molecule has 0 saturated carbocycles. The molecule has 19 heavy (non-hydrogen) atoms. The summed E-state index contributed by atoms with van der Waals surface area (Å²) >= 11 is 0. The molecule has 1 aromatic carbocycles. The Morgan fingerprint density at radius 2 is 1.89 bits per heavy atom. The largest absolute Gasteiger partial charge is 0.497 e. The minimum absolute atomic E-state index is 0.260. The third kappa shape index (κ3) is 4.99. The van der Waals surface area contributed by atoms with Crippen molar-refractivity contribution in [2.45, 2.75) is 32.9 Å². The summed E-state index contributed by atoms with van der Waals surface area (Å²) in [7, 11) is 1.60. The minimum atomic E-state index is -0.773. The van der Waals surface area contributed by atoms with Gasteiger partial charge in [-0.25, -0.2) is 0 Å². The second-order valence-corrected chi connectivity index (χ2v) is 4.05. The number of hydrogen-bond donors (Lipinski definition) is 1. The first-order valence-corrected chi connectivity index (χ1v) is 6.17. The molecule has 0 heterocycles. The summed E-state index contributed by atoms with van der Waals surface area (Å²) in [6.45, 7) is 3.62. The summed E-state index contributed by atoms with van der Waals surface area (Å²) in [4.78, 5) is 22.7. The van der Waals surface area contributed by atoms with Crippen LogP contribution in [0.1, 0.15) is 25.8 Å². The average molecular weight is 265 g/mol. The van der Waals surface area contributed by atoms with E-state index in [1.165, 1.54) is 0 Å². The summed E-state index contributed by atoms with van der Waals surface area (Å²) in [5.41, 5.74) is 0.947. The first-order valence-electron chi connectivity index (χ1n) is 6.17. The predicted octanol–water partition coefficient (Wildman–Crippen LogP) is 1.65. The molecule has 0 fully saturated rings. The van der Waals surface area contributed by atoms with E-state index in [2.05, 4.69) is 5.32 Å². The molecular formula is C14H19NO4. The number of carbonyl (C=O) groups excluding carboxylic acids is 2. The van der Waals surface area contributed by atoms with Crippen molar-refractivity contribution < 1.29 is 19.1 Å². The summed E-state index contributed by atoms with van der Waals surface area (Å²) in [6.07, 6.45) is -0.512. The Kier molecular flexibility index (Phi) is 5.85. The van der Waals surface area contributed by atoms with Gasteiger partial charge >= 0.3 is 5.97 Å². The van der Waals surface area contributed by atoms with Crippen LogP contribution in [-0.4, -0.2) is 25.1 Å². The third-order valence-corrected chi connectivity index (χ3v) is 2.59. The quantitative estimate of drug-likeness (QED) is 0.794. The molecule has 1 rings (SSSR count). The fourth-order valence-corrected chi connectivity index (χ4v) is 1.41. The van der Waals surface area contributed by atoms with Crippen LogP contribution in [0.3, 0.4) is 0 Å². The number of amides is 1. The van der Waals surface area contributed by atoms with Crippen molar-refractivity contribution in [3.8, 4) is 5.75 Å². The monoisotopic (exact) mass is 265 g/mol. The van der Waals surface area contributed by atoms with Gasteiger partial charge in [0.2, 0.25) is 0 Å². The highest BCUT2D eigenvalue weighted by Gasteiger charge is 2.16. The van der Waals surface area contributed by atoms with E-state index in [9.17, 15) is 9.59 Å². The lowest BCUT2D eigenvalue weighted by atomic mass is 10.2. The zero-order chi connectivity index (χ0) is 14.3. The van der Waals surface area contributed by atoms with Gasteiger partial charge < -0.3 is 14.8 Å². The van der Waals surface area contributed by atoms with Gasteiger partial charge in [0.25, 0.3) is 5.91 Å². The summed E-state index contributed by atoms with van der Waals surface area (Å²) in [5, 5.41) is 2.71. The number of rotatable bonds is 6. The lowest BCUT2D eigenvalue weighted by Crippen LogP contribution is -2.35. The first kappa shape index (κ1) is 15.0. The number of carbonyl (C=O) groups is 2. The van der Waals surface area contributed by atoms with Gasteiger partial charge in [0.1, 0.15) is 5.75 Å². The van der Waals surface area contributed by atoms with Gasteiger partial charge in [-0.15, -0.1) is 0 Å². The zero-order valence-electron chi connectivity index (χ0n) is 11.4. The van der Waals surface area contributed by atoms with Gasteiger partial charge in [-0.2, -0.15) is 0 Å². The molecule has 0 aromatic heterocycles. The molecule has 5 heteroatoms. The first-order chi connectivity index (χ1) is 9.06. The van der Waals surface area contributed by atoms with Crippen molar-refractivity contribution in [2.24, 2.45) is 0 Å². The van der Waals surface area contributed by atoms with Crippen LogP contribution in [0.15, 0.2) is 24.3 Å². The lowest BCUT2D eigenvalue weighted by molar-refractivity contribution is -0.154. The summed E-state index contributed by atoms with van der Waals surface area (Å²) in [5.74, 6) is 0.0741. The molecule has 0 aliphatic heterocycles. The fraction of sp³-hybridized carbons (Fsp3) is 0.429. The Balaban J connectivity index is 2.42. The molecular weight excluding hydrogens is 246 g/mol. The van der Waals surface area contributed by atoms with Crippen LogP contribution in [0, 0.1) is 0 Å². The molecule has 5 nitrogen and oxygen atoms in total. The van der Waals surface area contributed by atoms with Gasteiger partial charge in [0, 0.05) is 13.0 Å². The highest BCUT2D eigenvalue weighted by Crippen LogP contribution is 2.11. The SMILES string of the molecule is CCC(=O)O[C@@H](C)C(=O)NCc1ccc(OC)cc1. The van der Waals surface area contributed by atoms with Crippen molar-refractivity contribution in [3.05, 3.63) is 29.8 Å². The number of esters is 1. The molecule has 0 bridgehead atoms. The van der Waals surface area contributed by atoms with Crippen LogP contribution in [-0.2, 0) is 20.9 Å². The molecule has 1 amide bonds. The molecule has 0 unspecified atom stereocenters. The number of ether oxygens (including phenoxy) is 2. The van der Waals surface area contributed by atoms with Gasteiger partial charge in [-0.3, -0.25) is 9.59 Å². The number of nitrogens with one attached hydrogen (secondary N) is 1. The Hall–Kier alpha value is -2.04. The standard InChI is InChI=1S/C14H19NO4/c1-4-13(16)19-10(2)14(17)15-9-11-5-7-12(18-3)8-6-11/h5-8,10H,4,9H2,1-3H3,(H,15,17)/t10-/m0/s1. The zero-order valence-corrected chi connectivity index (χ0v) is 11.4. The maximum atomic E-state index is 11.7. The predicted molar refractivity (Wildman–Crippen MR) is 70.7 cm³/mol. The molecule has 0 spiro atoms. The normalized spacial score (nSPS) is 11.5. The molecule has 104 valence electrons. The van der Waals surface area contributed by atoms with Crippen LogP contribution < -0.4 is 10.1 Å². The Morgan fingerprint density at radius 3 is 2.42 bits per heavy atom.